The van der Waals surface area contributed by atoms with E-state index in [1.807, 2.05) is 20.8 Å². The smallest absolute Gasteiger partial charge is 0.162 e. The number of carbonyl (C=O) groups is 1. The van der Waals surface area contributed by atoms with Gasteiger partial charge in [0.25, 0.3) is 0 Å². The third kappa shape index (κ3) is 2.34. The molecule has 1 aromatic heterocycles. The zero-order valence-electron chi connectivity index (χ0n) is 8.46. The average Bonchev–Trinajstić information content (AvgIpc) is 2.03. The molecule has 0 saturated carbocycles. The standard InChI is InChI=1S/C10H14N2O/c1-7(13)8-5-11-9(12-6-8)10(2,3)4/h5-6H,1-4H3. The van der Waals surface area contributed by atoms with E-state index in [4.69, 9.17) is 0 Å². The minimum atomic E-state index is -0.0602. The van der Waals surface area contributed by atoms with Crippen LogP contribution in [0.2, 0.25) is 0 Å². The molecule has 0 N–H and O–H groups in total. The summed E-state index contributed by atoms with van der Waals surface area (Å²) in [5, 5.41) is 0. The van der Waals surface area contributed by atoms with E-state index in [1.165, 1.54) is 6.92 Å². The summed E-state index contributed by atoms with van der Waals surface area (Å²) < 4.78 is 0. The molecule has 0 radical (unpaired) electrons. The maximum atomic E-state index is 10.9. The van der Waals surface area contributed by atoms with Gasteiger partial charge in [-0.15, -0.1) is 0 Å². The van der Waals surface area contributed by atoms with Gasteiger partial charge in [-0.3, -0.25) is 4.79 Å². The molecule has 0 aliphatic carbocycles. The highest BCUT2D eigenvalue weighted by Crippen LogP contribution is 2.16. The molecular formula is C10H14N2O. The Kier molecular flexibility index (Phi) is 2.45. The second-order valence-corrected chi connectivity index (χ2v) is 4.10. The molecule has 3 nitrogen and oxygen atoms in total. The second kappa shape index (κ2) is 3.24. The molecule has 1 heterocycles. The minimum Gasteiger partial charge on any atom is -0.294 e. The quantitative estimate of drug-likeness (QED) is 0.617. The van der Waals surface area contributed by atoms with Crippen molar-refractivity contribution < 1.29 is 4.79 Å². The number of Topliss-reactive ketones (excluding diaryl/α,β-unsaturated/α-hetero) is 1. The van der Waals surface area contributed by atoms with Crippen molar-refractivity contribution in [2.24, 2.45) is 0 Å². The van der Waals surface area contributed by atoms with Crippen molar-refractivity contribution in [3.8, 4) is 0 Å². The van der Waals surface area contributed by atoms with Crippen LogP contribution in [0.5, 0.6) is 0 Å². The van der Waals surface area contributed by atoms with Crippen LogP contribution in [-0.4, -0.2) is 15.8 Å². The van der Waals surface area contributed by atoms with E-state index in [2.05, 4.69) is 9.97 Å². The minimum absolute atomic E-state index is 0.000425. The first kappa shape index (κ1) is 9.84. The summed E-state index contributed by atoms with van der Waals surface area (Å²) in [6.07, 6.45) is 3.16. The Morgan fingerprint density at radius 2 is 1.69 bits per heavy atom. The Hall–Kier alpha value is -1.25. The van der Waals surface area contributed by atoms with Crippen LogP contribution in [0.25, 0.3) is 0 Å². The van der Waals surface area contributed by atoms with E-state index < -0.39 is 0 Å². The normalized spacial score (nSPS) is 11.4. The number of aromatic nitrogens is 2. The van der Waals surface area contributed by atoms with E-state index in [9.17, 15) is 4.79 Å². The number of ketones is 1. The van der Waals surface area contributed by atoms with Crippen molar-refractivity contribution in [1.29, 1.82) is 0 Å². The molecule has 0 fully saturated rings. The van der Waals surface area contributed by atoms with Gasteiger partial charge >= 0.3 is 0 Å². The van der Waals surface area contributed by atoms with Gasteiger partial charge in [0.05, 0.1) is 5.56 Å². The van der Waals surface area contributed by atoms with Crippen LogP contribution < -0.4 is 0 Å². The Morgan fingerprint density at radius 3 is 2.00 bits per heavy atom. The molecule has 0 aliphatic heterocycles. The Labute approximate surface area is 78.2 Å². The third-order valence-corrected chi connectivity index (χ3v) is 1.73. The molecule has 0 bridgehead atoms. The summed E-state index contributed by atoms with van der Waals surface area (Å²) in [6.45, 7) is 7.62. The largest absolute Gasteiger partial charge is 0.294 e. The Morgan fingerprint density at radius 1 is 1.23 bits per heavy atom. The molecule has 0 aromatic carbocycles. The van der Waals surface area contributed by atoms with Gasteiger partial charge in [0, 0.05) is 17.8 Å². The van der Waals surface area contributed by atoms with Gasteiger partial charge in [0.2, 0.25) is 0 Å². The first-order valence-corrected chi connectivity index (χ1v) is 4.25. The summed E-state index contributed by atoms with van der Waals surface area (Å²) in [5.74, 6) is 0.762. The summed E-state index contributed by atoms with van der Waals surface area (Å²) >= 11 is 0. The number of hydrogen-bond acceptors (Lipinski definition) is 3. The lowest BCUT2D eigenvalue weighted by atomic mass is 9.96. The van der Waals surface area contributed by atoms with E-state index in [1.54, 1.807) is 12.4 Å². The maximum absolute atomic E-state index is 10.9. The number of nitrogens with zero attached hydrogens (tertiary/aromatic N) is 2. The Balaban J connectivity index is 3.01. The summed E-state index contributed by atoms with van der Waals surface area (Å²) in [4.78, 5) is 19.2. The third-order valence-electron chi connectivity index (χ3n) is 1.73. The molecule has 70 valence electrons. The van der Waals surface area contributed by atoms with Gasteiger partial charge in [-0.1, -0.05) is 20.8 Å². The Bertz CT molecular complexity index is 309. The number of rotatable bonds is 1. The molecule has 0 aliphatic rings. The fourth-order valence-electron chi connectivity index (χ4n) is 0.897. The van der Waals surface area contributed by atoms with Crippen LogP contribution in [0.15, 0.2) is 12.4 Å². The topological polar surface area (TPSA) is 42.9 Å². The first-order valence-electron chi connectivity index (χ1n) is 4.25. The molecule has 13 heavy (non-hydrogen) atoms. The average molecular weight is 178 g/mol. The van der Waals surface area contributed by atoms with Gasteiger partial charge in [0.15, 0.2) is 5.78 Å². The van der Waals surface area contributed by atoms with Crippen molar-refractivity contribution in [3.63, 3.8) is 0 Å². The lowest BCUT2D eigenvalue weighted by molar-refractivity contribution is 0.101. The van der Waals surface area contributed by atoms with Crippen molar-refractivity contribution in [2.75, 3.05) is 0 Å². The van der Waals surface area contributed by atoms with E-state index >= 15 is 0 Å². The SMILES string of the molecule is CC(=O)c1cnc(C(C)(C)C)nc1. The van der Waals surface area contributed by atoms with Gasteiger partial charge in [-0.05, 0) is 6.92 Å². The van der Waals surface area contributed by atoms with Gasteiger partial charge in [0.1, 0.15) is 5.82 Å². The van der Waals surface area contributed by atoms with Crippen LogP contribution >= 0.6 is 0 Å². The van der Waals surface area contributed by atoms with E-state index in [0.29, 0.717) is 5.56 Å². The summed E-state index contributed by atoms with van der Waals surface area (Å²) in [5.41, 5.74) is 0.503. The van der Waals surface area contributed by atoms with E-state index in [-0.39, 0.29) is 11.2 Å². The highest BCUT2D eigenvalue weighted by atomic mass is 16.1. The van der Waals surface area contributed by atoms with Crippen molar-refractivity contribution in [3.05, 3.63) is 23.8 Å². The van der Waals surface area contributed by atoms with E-state index in [0.717, 1.165) is 5.82 Å². The molecule has 0 spiro atoms. The lowest BCUT2D eigenvalue weighted by Crippen LogP contribution is -2.16. The second-order valence-electron chi connectivity index (χ2n) is 4.10. The van der Waals surface area contributed by atoms with Gasteiger partial charge in [-0.2, -0.15) is 0 Å². The van der Waals surface area contributed by atoms with Crippen LogP contribution in [-0.2, 0) is 5.41 Å². The molecule has 1 rings (SSSR count). The van der Waals surface area contributed by atoms with Crippen LogP contribution in [0.3, 0.4) is 0 Å². The molecular weight excluding hydrogens is 164 g/mol. The van der Waals surface area contributed by atoms with Crippen molar-refractivity contribution in [1.82, 2.24) is 9.97 Å². The fourth-order valence-corrected chi connectivity index (χ4v) is 0.897. The zero-order valence-corrected chi connectivity index (χ0v) is 8.46. The van der Waals surface area contributed by atoms with Crippen LogP contribution in [0.1, 0.15) is 43.9 Å². The molecule has 0 amide bonds. The van der Waals surface area contributed by atoms with Crippen LogP contribution in [0.4, 0.5) is 0 Å². The van der Waals surface area contributed by atoms with Gasteiger partial charge in [-0.25, -0.2) is 9.97 Å². The monoisotopic (exact) mass is 178 g/mol. The van der Waals surface area contributed by atoms with Crippen molar-refractivity contribution in [2.45, 2.75) is 33.1 Å². The molecule has 1 aromatic rings. The molecule has 0 atom stereocenters. The highest BCUT2D eigenvalue weighted by molar-refractivity contribution is 5.93. The molecule has 0 unspecified atom stereocenters. The van der Waals surface area contributed by atoms with Crippen molar-refractivity contribution >= 4 is 5.78 Å². The number of carbonyl (C=O) groups excluding carboxylic acids is 1. The summed E-state index contributed by atoms with van der Waals surface area (Å²) in [6, 6.07) is 0. The predicted octanol–water partition coefficient (Wildman–Crippen LogP) is 1.98. The maximum Gasteiger partial charge on any atom is 0.162 e. The lowest BCUT2D eigenvalue weighted by Gasteiger charge is -2.15. The highest BCUT2D eigenvalue weighted by Gasteiger charge is 2.16. The predicted molar refractivity (Wildman–Crippen MR) is 50.7 cm³/mol. The summed E-state index contributed by atoms with van der Waals surface area (Å²) in [7, 11) is 0. The number of hydrogen-bond donors (Lipinski definition) is 0. The van der Waals surface area contributed by atoms with Gasteiger partial charge < -0.3 is 0 Å². The zero-order chi connectivity index (χ0) is 10.1. The first-order chi connectivity index (χ1) is 5.91. The molecule has 0 saturated heterocycles. The molecule has 3 heteroatoms. The fraction of sp³-hybridized carbons (Fsp3) is 0.500. The van der Waals surface area contributed by atoms with Crippen LogP contribution in [0, 0.1) is 0 Å².